The number of hydrogen-bond acceptors (Lipinski definition) is 4. The van der Waals surface area contributed by atoms with E-state index in [-0.39, 0.29) is 23.3 Å². The fourth-order valence-corrected chi connectivity index (χ4v) is 1.81. The van der Waals surface area contributed by atoms with E-state index in [0.717, 1.165) is 0 Å². The van der Waals surface area contributed by atoms with E-state index in [9.17, 15) is 9.90 Å². The van der Waals surface area contributed by atoms with Crippen LogP contribution in [0.4, 0.5) is 0 Å². The zero-order valence-corrected chi connectivity index (χ0v) is 10.7. The van der Waals surface area contributed by atoms with Crippen molar-refractivity contribution in [3.05, 3.63) is 34.7 Å². The third kappa shape index (κ3) is 2.24. The predicted octanol–water partition coefficient (Wildman–Crippen LogP) is 3.64. The van der Waals surface area contributed by atoms with Crippen LogP contribution in [0.1, 0.15) is 36.0 Å². The summed E-state index contributed by atoms with van der Waals surface area (Å²) in [5, 5.41) is 10.2. The highest BCUT2D eigenvalue weighted by Crippen LogP contribution is 2.33. The number of oxazole rings is 1. The van der Waals surface area contributed by atoms with Crippen LogP contribution >= 0.6 is 11.6 Å². The number of carbonyl (C=O) groups is 1. The zero-order valence-electron chi connectivity index (χ0n) is 9.98. The summed E-state index contributed by atoms with van der Waals surface area (Å²) in [5.41, 5.74) is 0.670. The number of hydrogen-bond donors (Lipinski definition) is 1. The smallest absolute Gasteiger partial charge is 0.230 e. The first-order chi connectivity index (χ1) is 8.52. The minimum Gasteiger partial charge on any atom is -0.507 e. The topological polar surface area (TPSA) is 63.3 Å². The monoisotopic (exact) mass is 265 g/mol. The lowest BCUT2D eigenvalue weighted by Crippen LogP contribution is -1.90. The molecule has 4 nitrogen and oxygen atoms in total. The molecule has 0 aliphatic heterocycles. The van der Waals surface area contributed by atoms with Crippen LogP contribution in [0.2, 0.25) is 5.02 Å². The van der Waals surface area contributed by atoms with Crippen molar-refractivity contribution >= 4 is 17.9 Å². The standard InChI is InChI=1S/C13H12ClNO3/c1-7(2)12-10(6-16)15-13(18-12)9-4-3-8(14)5-11(9)17/h3-7,17H,1-2H3. The van der Waals surface area contributed by atoms with Gasteiger partial charge in [0.1, 0.15) is 17.2 Å². The summed E-state index contributed by atoms with van der Waals surface area (Å²) in [6, 6.07) is 4.62. The van der Waals surface area contributed by atoms with Gasteiger partial charge in [0.25, 0.3) is 0 Å². The Kier molecular flexibility index (Phi) is 3.39. The maximum atomic E-state index is 10.9. The van der Waals surface area contributed by atoms with Crippen molar-refractivity contribution in [1.82, 2.24) is 4.98 Å². The molecule has 0 unspecified atom stereocenters. The molecule has 1 N–H and O–H groups in total. The molecule has 0 bridgehead atoms. The Morgan fingerprint density at radius 3 is 2.67 bits per heavy atom. The van der Waals surface area contributed by atoms with Gasteiger partial charge < -0.3 is 9.52 Å². The van der Waals surface area contributed by atoms with E-state index in [1.165, 1.54) is 6.07 Å². The van der Waals surface area contributed by atoms with E-state index in [2.05, 4.69) is 4.98 Å². The van der Waals surface area contributed by atoms with Crippen molar-refractivity contribution in [3.8, 4) is 17.2 Å². The second-order valence-corrected chi connectivity index (χ2v) is 4.64. The van der Waals surface area contributed by atoms with Crippen molar-refractivity contribution in [2.24, 2.45) is 0 Å². The summed E-state index contributed by atoms with van der Waals surface area (Å²) >= 11 is 5.75. The molecule has 0 amide bonds. The van der Waals surface area contributed by atoms with Gasteiger partial charge in [-0.1, -0.05) is 25.4 Å². The highest BCUT2D eigenvalue weighted by Gasteiger charge is 2.18. The Labute approximate surface area is 109 Å². The normalized spacial score (nSPS) is 10.9. The minimum atomic E-state index is -0.0310. The third-order valence-corrected chi connectivity index (χ3v) is 2.74. The highest BCUT2D eigenvalue weighted by molar-refractivity contribution is 6.30. The van der Waals surface area contributed by atoms with Gasteiger partial charge in [0, 0.05) is 10.9 Å². The van der Waals surface area contributed by atoms with Crippen molar-refractivity contribution in [3.63, 3.8) is 0 Å². The summed E-state index contributed by atoms with van der Waals surface area (Å²) in [7, 11) is 0. The Morgan fingerprint density at radius 2 is 2.17 bits per heavy atom. The first kappa shape index (κ1) is 12.6. The Hall–Kier alpha value is -1.81. The van der Waals surface area contributed by atoms with Crippen molar-refractivity contribution in [1.29, 1.82) is 0 Å². The fraction of sp³-hybridized carbons (Fsp3) is 0.231. The van der Waals surface area contributed by atoms with Crippen LogP contribution < -0.4 is 0 Å². The third-order valence-electron chi connectivity index (χ3n) is 2.51. The number of aromatic nitrogens is 1. The van der Waals surface area contributed by atoms with Crippen molar-refractivity contribution in [2.75, 3.05) is 0 Å². The van der Waals surface area contributed by atoms with Gasteiger partial charge in [0.05, 0.1) is 5.56 Å². The lowest BCUT2D eigenvalue weighted by Gasteiger charge is -2.01. The number of aldehydes is 1. The number of carbonyl (C=O) groups excluding carboxylic acids is 1. The molecule has 1 aromatic heterocycles. The number of aromatic hydroxyl groups is 1. The molecular formula is C13H12ClNO3. The van der Waals surface area contributed by atoms with Gasteiger partial charge in [0.15, 0.2) is 6.29 Å². The van der Waals surface area contributed by atoms with Gasteiger partial charge in [0.2, 0.25) is 5.89 Å². The molecule has 2 aromatic rings. The molecule has 0 saturated carbocycles. The van der Waals surface area contributed by atoms with E-state index in [1.807, 2.05) is 13.8 Å². The summed E-state index contributed by atoms with van der Waals surface area (Å²) < 4.78 is 5.53. The maximum absolute atomic E-state index is 10.9. The molecule has 0 aliphatic rings. The summed E-state index contributed by atoms with van der Waals surface area (Å²) in [6.45, 7) is 3.80. The minimum absolute atomic E-state index is 0.0310. The van der Waals surface area contributed by atoms with E-state index >= 15 is 0 Å². The number of halogens is 1. The lowest BCUT2D eigenvalue weighted by molar-refractivity contribution is 0.111. The molecule has 0 radical (unpaired) electrons. The summed E-state index contributed by atoms with van der Waals surface area (Å²) in [4.78, 5) is 15.0. The molecule has 0 fully saturated rings. The van der Waals surface area contributed by atoms with Crippen LogP contribution in [0.5, 0.6) is 5.75 Å². The maximum Gasteiger partial charge on any atom is 0.230 e. The molecular weight excluding hydrogens is 254 g/mol. The summed E-state index contributed by atoms with van der Waals surface area (Å²) in [6.07, 6.45) is 0.648. The average molecular weight is 266 g/mol. The first-order valence-electron chi connectivity index (χ1n) is 5.47. The van der Waals surface area contributed by atoms with Crippen molar-refractivity contribution in [2.45, 2.75) is 19.8 Å². The molecule has 18 heavy (non-hydrogen) atoms. The van der Waals surface area contributed by atoms with Gasteiger partial charge in [-0.2, -0.15) is 0 Å². The van der Waals surface area contributed by atoms with Crippen LogP contribution in [0, 0.1) is 0 Å². The molecule has 0 saturated heterocycles. The van der Waals surface area contributed by atoms with Crippen LogP contribution in [0.15, 0.2) is 22.6 Å². The average Bonchev–Trinajstić information content (AvgIpc) is 2.73. The number of nitrogens with zero attached hydrogens (tertiary/aromatic N) is 1. The molecule has 0 spiro atoms. The van der Waals surface area contributed by atoms with Gasteiger partial charge >= 0.3 is 0 Å². The molecule has 0 atom stereocenters. The first-order valence-corrected chi connectivity index (χ1v) is 5.85. The van der Waals surface area contributed by atoms with Crippen LogP contribution in [-0.4, -0.2) is 16.4 Å². The second-order valence-electron chi connectivity index (χ2n) is 4.20. The Balaban J connectivity index is 2.54. The zero-order chi connectivity index (χ0) is 13.3. The van der Waals surface area contributed by atoms with Gasteiger partial charge in [-0.15, -0.1) is 0 Å². The number of phenolic OH excluding ortho intramolecular Hbond substituents is 1. The van der Waals surface area contributed by atoms with Gasteiger partial charge in [-0.3, -0.25) is 4.79 Å². The second kappa shape index (κ2) is 4.82. The van der Waals surface area contributed by atoms with Crippen molar-refractivity contribution < 1.29 is 14.3 Å². The Morgan fingerprint density at radius 1 is 1.44 bits per heavy atom. The predicted molar refractivity (Wildman–Crippen MR) is 68.1 cm³/mol. The lowest BCUT2D eigenvalue weighted by atomic mass is 10.1. The SMILES string of the molecule is CC(C)c1oc(-c2ccc(Cl)cc2O)nc1C=O. The van der Waals surface area contributed by atoms with E-state index in [4.69, 9.17) is 16.0 Å². The molecule has 2 rings (SSSR count). The summed E-state index contributed by atoms with van der Waals surface area (Å²) in [5.74, 6) is 0.738. The van der Waals surface area contributed by atoms with Gasteiger partial charge in [-0.25, -0.2) is 4.98 Å². The largest absolute Gasteiger partial charge is 0.507 e. The van der Waals surface area contributed by atoms with E-state index in [0.29, 0.717) is 22.6 Å². The van der Waals surface area contributed by atoms with Crippen LogP contribution in [-0.2, 0) is 0 Å². The quantitative estimate of drug-likeness (QED) is 0.861. The van der Waals surface area contributed by atoms with Gasteiger partial charge in [-0.05, 0) is 18.2 Å². The number of rotatable bonds is 3. The van der Waals surface area contributed by atoms with Crippen LogP contribution in [0.25, 0.3) is 11.5 Å². The number of phenols is 1. The van der Waals surface area contributed by atoms with E-state index < -0.39 is 0 Å². The fourth-order valence-electron chi connectivity index (χ4n) is 1.64. The molecule has 1 heterocycles. The Bertz CT molecular complexity index is 590. The number of benzene rings is 1. The molecule has 5 heteroatoms. The molecule has 0 aliphatic carbocycles. The van der Waals surface area contributed by atoms with Crippen LogP contribution in [0.3, 0.4) is 0 Å². The molecule has 1 aromatic carbocycles. The molecule has 94 valence electrons. The van der Waals surface area contributed by atoms with E-state index in [1.54, 1.807) is 12.1 Å². The highest BCUT2D eigenvalue weighted by atomic mass is 35.5.